The number of halogens is 4. The van der Waals surface area contributed by atoms with Crippen molar-refractivity contribution in [3.63, 3.8) is 0 Å². The molecule has 1 rings (SSSR count). The van der Waals surface area contributed by atoms with Crippen LogP contribution in [0.5, 0.6) is 11.5 Å². The van der Waals surface area contributed by atoms with Gasteiger partial charge in [0, 0.05) is 12.3 Å². The molecule has 0 saturated carbocycles. The van der Waals surface area contributed by atoms with E-state index in [0.717, 1.165) is 12.3 Å². The number of nitrogens with zero attached hydrogens (tertiary/aromatic N) is 1. The molecule has 3 nitrogen and oxygen atoms in total. The third-order valence-corrected chi connectivity index (χ3v) is 1.65. The topological polar surface area (TPSA) is 42.4 Å². The van der Waals surface area contributed by atoms with Gasteiger partial charge in [-0.25, -0.2) is 4.98 Å². The van der Waals surface area contributed by atoms with Crippen molar-refractivity contribution in [1.29, 1.82) is 0 Å². The van der Waals surface area contributed by atoms with Crippen LogP contribution < -0.4 is 4.74 Å². The molecule has 0 saturated heterocycles. The number of pyridine rings is 1. The van der Waals surface area contributed by atoms with E-state index in [4.69, 9.17) is 5.11 Å². The van der Waals surface area contributed by atoms with Gasteiger partial charge in [-0.05, 0) is 15.9 Å². The van der Waals surface area contributed by atoms with Crippen molar-refractivity contribution >= 4 is 15.9 Å². The van der Waals surface area contributed by atoms with E-state index in [1.165, 1.54) is 0 Å². The predicted molar refractivity (Wildman–Crippen MR) is 40.3 cm³/mol. The van der Waals surface area contributed by atoms with E-state index < -0.39 is 17.9 Å². The summed E-state index contributed by atoms with van der Waals surface area (Å²) >= 11 is 2.75. The maximum absolute atomic E-state index is 11.7. The van der Waals surface area contributed by atoms with Crippen molar-refractivity contribution in [1.82, 2.24) is 4.98 Å². The fourth-order valence-corrected chi connectivity index (χ4v) is 0.933. The Morgan fingerprint density at radius 1 is 1.46 bits per heavy atom. The van der Waals surface area contributed by atoms with Crippen LogP contribution in [-0.2, 0) is 0 Å². The third kappa shape index (κ3) is 2.76. The Labute approximate surface area is 79.3 Å². The van der Waals surface area contributed by atoms with Crippen LogP contribution in [0.3, 0.4) is 0 Å². The highest BCUT2D eigenvalue weighted by Gasteiger charge is 2.32. The lowest BCUT2D eigenvalue weighted by Gasteiger charge is -2.09. The SMILES string of the molecule is Oc1c(OC(F)(F)F)ccnc1Br. The van der Waals surface area contributed by atoms with Crippen LogP contribution in [0.25, 0.3) is 0 Å². The fraction of sp³-hybridized carbons (Fsp3) is 0.167. The predicted octanol–water partition coefficient (Wildman–Crippen LogP) is 2.45. The van der Waals surface area contributed by atoms with Gasteiger partial charge >= 0.3 is 6.36 Å². The van der Waals surface area contributed by atoms with Gasteiger partial charge in [0.1, 0.15) is 0 Å². The Morgan fingerprint density at radius 3 is 2.62 bits per heavy atom. The fourth-order valence-electron chi connectivity index (χ4n) is 0.619. The molecule has 0 atom stereocenters. The average molecular weight is 258 g/mol. The molecule has 0 aliphatic rings. The zero-order chi connectivity index (χ0) is 10.1. The molecule has 1 N–H and O–H groups in total. The normalized spacial score (nSPS) is 11.4. The van der Waals surface area contributed by atoms with Crippen LogP contribution in [0.15, 0.2) is 16.9 Å². The number of ether oxygens (including phenoxy) is 1. The zero-order valence-corrected chi connectivity index (χ0v) is 7.56. The summed E-state index contributed by atoms with van der Waals surface area (Å²) in [7, 11) is 0. The molecule has 0 aromatic carbocycles. The van der Waals surface area contributed by atoms with Gasteiger partial charge in [-0.3, -0.25) is 0 Å². The van der Waals surface area contributed by atoms with Crippen molar-refractivity contribution in [2.45, 2.75) is 6.36 Å². The van der Waals surface area contributed by atoms with Crippen molar-refractivity contribution in [3.8, 4) is 11.5 Å². The first-order valence-corrected chi connectivity index (χ1v) is 3.78. The lowest BCUT2D eigenvalue weighted by Crippen LogP contribution is -2.17. The minimum absolute atomic E-state index is 0.103. The lowest BCUT2D eigenvalue weighted by atomic mass is 10.4. The summed E-state index contributed by atoms with van der Waals surface area (Å²) in [5.41, 5.74) is 0. The zero-order valence-electron chi connectivity index (χ0n) is 5.97. The van der Waals surface area contributed by atoms with Crippen molar-refractivity contribution < 1.29 is 23.0 Å². The minimum Gasteiger partial charge on any atom is -0.502 e. The van der Waals surface area contributed by atoms with Gasteiger partial charge in [-0.1, -0.05) is 0 Å². The molecule has 0 fully saturated rings. The van der Waals surface area contributed by atoms with Crippen molar-refractivity contribution in [2.24, 2.45) is 0 Å². The highest BCUT2D eigenvalue weighted by atomic mass is 79.9. The van der Waals surface area contributed by atoms with Crippen LogP contribution in [0, 0.1) is 0 Å². The first kappa shape index (κ1) is 10.1. The summed E-state index contributed by atoms with van der Waals surface area (Å²) in [6, 6.07) is 0.910. The van der Waals surface area contributed by atoms with Crippen LogP contribution in [-0.4, -0.2) is 16.5 Å². The molecule has 7 heteroatoms. The molecule has 0 spiro atoms. The Kier molecular flexibility index (Phi) is 2.65. The number of aromatic hydroxyl groups is 1. The molecule has 0 unspecified atom stereocenters. The van der Waals surface area contributed by atoms with E-state index in [1.54, 1.807) is 0 Å². The van der Waals surface area contributed by atoms with Gasteiger partial charge in [-0.2, -0.15) is 0 Å². The minimum atomic E-state index is -4.82. The summed E-state index contributed by atoms with van der Waals surface area (Å²) in [4.78, 5) is 3.49. The van der Waals surface area contributed by atoms with Crippen LogP contribution in [0.4, 0.5) is 13.2 Å². The molecule has 1 aromatic rings. The van der Waals surface area contributed by atoms with Crippen LogP contribution in [0.1, 0.15) is 0 Å². The summed E-state index contributed by atoms with van der Waals surface area (Å²) in [5, 5.41) is 9.03. The van der Waals surface area contributed by atoms with E-state index in [9.17, 15) is 13.2 Å². The smallest absolute Gasteiger partial charge is 0.502 e. The third-order valence-electron chi connectivity index (χ3n) is 1.07. The molecule has 1 heterocycles. The molecule has 13 heavy (non-hydrogen) atoms. The first-order chi connectivity index (χ1) is 5.90. The molecular weight excluding hydrogens is 255 g/mol. The standard InChI is InChI=1S/C6H3BrF3NO2/c7-5-4(12)3(1-2-11-5)13-6(8,9)10/h1-2,12H. The second kappa shape index (κ2) is 3.41. The molecule has 1 aromatic heterocycles. The summed E-state index contributed by atoms with van der Waals surface area (Å²) < 4.78 is 38.4. The van der Waals surface area contributed by atoms with Gasteiger partial charge in [0.25, 0.3) is 0 Å². The Bertz CT molecular complexity index is 315. The van der Waals surface area contributed by atoms with Gasteiger partial charge in [0.15, 0.2) is 16.1 Å². The van der Waals surface area contributed by atoms with E-state index in [1.807, 2.05) is 0 Å². The lowest BCUT2D eigenvalue weighted by molar-refractivity contribution is -0.275. The summed E-state index contributed by atoms with van der Waals surface area (Å²) in [6.45, 7) is 0. The number of aromatic nitrogens is 1. The summed E-state index contributed by atoms with van der Waals surface area (Å²) in [5.74, 6) is -1.37. The van der Waals surface area contributed by atoms with E-state index in [0.29, 0.717) is 0 Å². The number of hydrogen-bond donors (Lipinski definition) is 1. The second-order valence-electron chi connectivity index (χ2n) is 2.00. The maximum atomic E-state index is 11.7. The molecule has 72 valence electrons. The van der Waals surface area contributed by atoms with Crippen LogP contribution in [0.2, 0.25) is 0 Å². The van der Waals surface area contributed by atoms with Gasteiger partial charge in [-0.15, -0.1) is 13.2 Å². The van der Waals surface area contributed by atoms with Crippen molar-refractivity contribution in [3.05, 3.63) is 16.9 Å². The highest BCUT2D eigenvalue weighted by Crippen LogP contribution is 2.34. The molecule has 0 aliphatic heterocycles. The Hall–Kier alpha value is -0.980. The first-order valence-electron chi connectivity index (χ1n) is 2.99. The maximum Gasteiger partial charge on any atom is 0.573 e. The molecular formula is C6H3BrF3NO2. The monoisotopic (exact) mass is 257 g/mol. The van der Waals surface area contributed by atoms with E-state index >= 15 is 0 Å². The van der Waals surface area contributed by atoms with Gasteiger partial charge in [0.2, 0.25) is 0 Å². The molecule has 0 amide bonds. The van der Waals surface area contributed by atoms with Crippen LogP contribution >= 0.6 is 15.9 Å². The number of hydrogen-bond acceptors (Lipinski definition) is 3. The number of rotatable bonds is 1. The average Bonchev–Trinajstić information content (AvgIpc) is 1.96. The largest absolute Gasteiger partial charge is 0.573 e. The summed E-state index contributed by atoms with van der Waals surface area (Å²) in [6.07, 6.45) is -3.75. The second-order valence-corrected chi connectivity index (χ2v) is 2.75. The highest BCUT2D eigenvalue weighted by molar-refractivity contribution is 9.10. The van der Waals surface area contributed by atoms with E-state index in [-0.39, 0.29) is 4.60 Å². The number of alkyl halides is 3. The van der Waals surface area contributed by atoms with Gasteiger partial charge in [0.05, 0.1) is 0 Å². The quantitative estimate of drug-likeness (QED) is 0.786. The van der Waals surface area contributed by atoms with Gasteiger partial charge < -0.3 is 9.84 Å². The Morgan fingerprint density at radius 2 is 2.08 bits per heavy atom. The van der Waals surface area contributed by atoms with E-state index in [2.05, 4.69) is 25.7 Å². The molecule has 0 aliphatic carbocycles. The molecule has 0 bridgehead atoms. The molecule has 0 radical (unpaired) electrons. The Balaban J connectivity index is 2.96. The van der Waals surface area contributed by atoms with Crippen molar-refractivity contribution in [2.75, 3.05) is 0 Å².